The first-order chi connectivity index (χ1) is 7.58. The first-order valence-electron chi connectivity index (χ1n) is 4.59. The summed E-state index contributed by atoms with van der Waals surface area (Å²) in [5.74, 6) is -0.287. The average Bonchev–Trinajstić information content (AvgIpc) is 2.66. The van der Waals surface area contributed by atoms with Gasteiger partial charge in [0.2, 0.25) is 0 Å². The number of hydrogen-bond acceptors (Lipinski definition) is 2. The monoisotopic (exact) mass is 347 g/mol. The molecule has 0 amide bonds. The van der Waals surface area contributed by atoms with E-state index in [-0.39, 0.29) is 10.6 Å². The Morgan fingerprint density at radius 2 is 2.19 bits per heavy atom. The maximum atomic E-state index is 12.9. The SMILES string of the molecule is CC(Br)c1cn(-c2ccc(F)cc2Br)nn1. The van der Waals surface area contributed by atoms with Crippen molar-refractivity contribution in [3.05, 3.63) is 40.4 Å². The minimum Gasteiger partial charge on any atom is -0.219 e. The molecule has 1 aromatic heterocycles. The second-order valence-electron chi connectivity index (χ2n) is 3.30. The Balaban J connectivity index is 2.42. The highest BCUT2D eigenvalue weighted by Gasteiger charge is 2.09. The highest BCUT2D eigenvalue weighted by Crippen LogP contribution is 2.24. The lowest BCUT2D eigenvalue weighted by atomic mass is 10.3. The van der Waals surface area contributed by atoms with E-state index in [1.54, 1.807) is 16.9 Å². The van der Waals surface area contributed by atoms with Crippen molar-refractivity contribution < 1.29 is 4.39 Å². The van der Waals surface area contributed by atoms with E-state index in [9.17, 15) is 4.39 Å². The van der Waals surface area contributed by atoms with E-state index in [0.717, 1.165) is 11.4 Å². The standard InChI is InChI=1S/C10H8Br2FN3/c1-6(11)9-5-16(15-14-9)10-3-2-7(13)4-8(10)12/h2-6H,1H3. The molecule has 0 aliphatic rings. The summed E-state index contributed by atoms with van der Waals surface area (Å²) < 4.78 is 15.2. The zero-order valence-electron chi connectivity index (χ0n) is 8.36. The van der Waals surface area contributed by atoms with Gasteiger partial charge in [-0.15, -0.1) is 5.10 Å². The third kappa shape index (κ3) is 2.32. The second kappa shape index (κ2) is 4.63. The van der Waals surface area contributed by atoms with Crippen LogP contribution in [0.4, 0.5) is 4.39 Å². The van der Waals surface area contributed by atoms with Crippen LogP contribution in [0.5, 0.6) is 0 Å². The maximum absolute atomic E-state index is 12.9. The van der Waals surface area contributed by atoms with Crippen molar-refractivity contribution >= 4 is 31.9 Å². The van der Waals surface area contributed by atoms with Crippen LogP contribution in [-0.2, 0) is 0 Å². The van der Waals surface area contributed by atoms with Crippen LogP contribution >= 0.6 is 31.9 Å². The zero-order valence-corrected chi connectivity index (χ0v) is 11.5. The highest BCUT2D eigenvalue weighted by atomic mass is 79.9. The molecule has 6 heteroatoms. The van der Waals surface area contributed by atoms with Gasteiger partial charge in [-0.05, 0) is 41.1 Å². The topological polar surface area (TPSA) is 30.7 Å². The summed E-state index contributed by atoms with van der Waals surface area (Å²) in [6.07, 6.45) is 1.80. The van der Waals surface area contributed by atoms with E-state index in [1.165, 1.54) is 12.1 Å². The third-order valence-electron chi connectivity index (χ3n) is 2.08. The van der Waals surface area contributed by atoms with Gasteiger partial charge in [-0.25, -0.2) is 9.07 Å². The summed E-state index contributed by atoms with van der Waals surface area (Å²) in [5.41, 5.74) is 1.59. The van der Waals surface area contributed by atoms with Crippen molar-refractivity contribution in [2.45, 2.75) is 11.8 Å². The summed E-state index contributed by atoms with van der Waals surface area (Å²) in [7, 11) is 0. The first kappa shape index (κ1) is 11.7. The van der Waals surface area contributed by atoms with Gasteiger partial charge in [0.25, 0.3) is 0 Å². The minimum absolute atomic E-state index is 0.139. The lowest BCUT2D eigenvalue weighted by molar-refractivity contribution is 0.625. The predicted octanol–water partition coefficient (Wildman–Crippen LogP) is 3.62. The van der Waals surface area contributed by atoms with Gasteiger partial charge in [0.15, 0.2) is 0 Å². The molecule has 1 aromatic carbocycles. The molecule has 0 N–H and O–H groups in total. The Morgan fingerprint density at radius 1 is 1.44 bits per heavy atom. The van der Waals surface area contributed by atoms with Crippen LogP contribution in [0.15, 0.2) is 28.9 Å². The van der Waals surface area contributed by atoms with Crippen LogP contribution in [0.3, 0.4) is 0 Å². The van der Waals surface area contributed by atoms with E-state index in [4.69, 9.17) is 0 Å². The van der Waals surface area contributed by atoms with Gasteiger partial charge < -0.3 is 0 Å². The third-order valence-corrected chi connectivity index (χ3v) is 3.18. The lowest BCUT2D eigenvalue weighted by Crippen LogP contribution is -1.96. The Labute approximate surface area is 109 Å². The molecule has 16 heavy (non-hydrogen) atoms. The van der Waals surface area contributed by atoms with Crippen molar-refractivity contribution in [1.82, 2.24) is 15.0 Å². The van der Waals surface area contributed by atoms with E-state index < -0.39 is 0 Å². The quantitative estimate of drug-likeness (QED) is 0.776. The second-order valence-corrected chi connectivity index (χ2v) is 5.53. The normalized spacial score (nSPS) is 12.8. The molecule has 0 fully saturated rings. The fourth-order valence-electron chi connectivity index (χ4n) is 1.24. The van der Waals surface area contributed by atoms with E-state index >= 15 is 0 Å². The highest BCUT2D eigenvalue weighted by molar-refractivity contribution is 9.10. The largest absolute Gasteiger partial charge is 0.219 e. The van der Waals surface area contributed by atoms with Crippen LogP contribution in [0.1, 0.15) is 17.4 Å². The van der Waals surface area contributed by atoms with Crippen LogP contribution in [0.25, 0.3) is 5.69 Å². The lowest BCUT2D eigenvalue weighted by Gasteiger charge is -2.02. The van der Waals surface area contributed by atoms with Crippen LogP contribution in [0.2, 0.25) is 0 Å². The van der Waals surface area contributed by atoms with E-state index in [2.05, 4.69) is 42.2 Å². The molecule has 0 aliphatic heterocycles. The van der Waals surface area contributed by atoms with Gasteiger partial charge in [0.1, 0.15) is 5.82 Å². The summed E-state index contributed by atoms with van der Waals surface area (Å²) in [6, 6.07) is 4.43. The summed E-state index contributed by atoms with van der Waals surface area (Å²) in [4.78, 5) is 0.139. The van der Waals surface area contributed by atoms with Crippen LogP contribution in [-0.4, -0.2) is 15.0 Å². The number of halogens is 3. The Bertz CT molecular complexity index is 511. The maximum Gasteiger partial charge on any atom is 0.124 e. The summed E-state index contributed by atoms with van der Waals surface area (Å²) in [5, 5.41) is 7.99. The van der Waals surface area contributed by atoms with Crippen molar-refractivity contribution in [2.24, 2.45) is 0 Å². The fraction of sp³-hybridized carbons (Fsp3) is 0.200. The van der Waals surface area contributed by atoms with Crippen LogP contribution < -0.4 is 0 Å². The molecular weight excluding hydrogens is 341 g/mol. The number of benzene rings is 1. The molecule has 0 bridgehead atoms. The van der Waals surface area contributed by atoms with Gasteiger partial charge >= 0.3 is 0 Å². The van der Waals surface area contributed by atoms with Gasteiger partial charge in [-0.1, -0.05) is 21.1 Å². The van der Waals surface area contributed by atoms with Crippen molar-refractivity contribution in [2.75, 3.05) is 0 Å². The number of alkyl halides is 1. The van der Waals surface area contributed by atoms with Crippen molar-refractivity contribution in [3.63, 3.8) is 0 Å². The number of aromatic nitrogens is 3. The molecule has 2 rings (SSSR count). The molecule has 0 radical (unpaired) electrons. The van der Waals surface area contributed by atoms with Crippen molar-refractivity contribution in [1.29, 1.82) is 0 Å². The average molecular weight is 349 g/mol. The minimum atomic E-state index is -0.287. The molecule has 0 aliphatic carbocycles. The summed E-state index contributed by atoms with van der Waals surface area (Å²) >= 11 is 6.70. The van der Waals surface area contributed by atoms with Gasteiger partial charge in [-0.3, -0.25) is 0 Å². The Morgan fingerprint density at radius 3 is 2.75 bits per heavy atom. The molecule has 84 valence electrons. The molecule has 0 spiro atoms. The van der Waals surface area contributed by atoms with Crippen LogP contribution in [0, 0.1) is 5.82 Å². The summed E-state index contributed by atoms with van der Waals surface area (Å²) in [6.45, 7) is 1.97. The number of nitrogens with zero attached hydrogens (tertiary/aromatic N) is 3. The van der Waals surface area contributed by atoms with E-state index in [1.807, 2.05) is 6.92 Å². The van der Waals surface area contributed by atoms with Gasteiger partial charge in [-0.2, -0.15) is 0 Å². The fourth-order valence-corrected chi connectivity index (χ4v) is 1.99. The van der Waals surface area contributed by atoms with Gasteiger partial charge in [0, 0.05) is 4.47 Å². The molecule has 1 unspecified atom stereocenters. The number of rotatable bonds is 2. The molecule has 1 heterocycles. The smallest absolute Gasteiger partial charge is 0.124 e. The van der Waals surface area contributed by atoms with E-state index in [0.29, 0.717) is 4.47 Å². The first-order valence-corrected chi connectivity index (χ1v) is 6.30. The Hall–Kier alpha value is -0.750. The molecule has 2 aromatic rings. The molecule has 0 saturated heterocycles. The number of hydrogen-bond donors (Lipinski definition) is 0. The molecule has 1 atom stereocenters. The van der Waals surface area contributed by atoms with Gasteiger partial charge in [0.05, 0.1) is 22.4 Å². The molecule has 3 nitrogen and oxygen atoms in total. The Kier molecular flexibility index (Phi) is 3.39. The van der Waals surface area contributed by atoms with Crippen molar-refractivity contribution in [3.8, 4) is 5.69 Å². The zero-order chi connectivity index (χ0) is 11.7. The molecule has 0 saturated carbocycles. The molecular formula is C10H8Br2FN3. The predicted molar refractivity (Wildman–Crippen MR) is 66.4 cm³/mol.